The number of nitrogens with zero attached hydrogens (tertiary/aromatic N) is 1. The zero-order valence-corrected chi connectivity index (χ0v) is 11.5. The van der Waals surface area contributed by atoms with Crippen molar-refractivity contribution < 1.29 is 14.3 Å². The predicted molar refractivity (Wildman–Crippen MR) is 73.7 cm³/mol. The number of benzene rings is 1. The summed E-state index contributed by atoms with van der Waals surface area (Å²) in [7, 11) is 0. The van der Waals surface area contributed by atoms with E-state index in [1.807, 2.05) is 0 Å². The number of aliphatic hydroxyl groups is 1. The molecule has 0 fully saturated rings. The van der Waals surface area contributed by atoms with Gasteiger partial charge in [0, 0.05) is 12.8 Å². The average molecular weight is 279 g/mol. The van der Waals surface area contributed by atoms with Gasteiger partial charge in [0.05, 0.1) is 17.7 Å². The highest BCUT2D eigenvalue weighted by Gasteiger charge is 2.19. The number of aryl methyl sites for hydroxylation is 1. The van der Waals surface area contributed by atoms with Gasteiger partial charge in [0.2, 0.25) is 5.91 Å². The third-order valence-corrected chi connectivity index (χ3v) is 2.97. The van der Waals surface area contributed by atoms with E-state index in [4.69, 9.17) is 5.11 Å². The first-order valence-corrected chi connectivity index (χ1v) is 6.46. The van der Waals surface area contributed by atoms with Gasteiger partial charge in [-0.3, -0.25) is 4.79 Å². The Kier molecular flexibility index (Phi) is 4.04. The standard InChI is InChI=1S/C14H18FN3O2/c1-14(2,8-19)18-12(20)7-6-11-16-10-5-3-4-9(15)13(10)17-11/h3-5,19H,6-8H2,1-2H3,(H,16,17)(H,18,20). The van der Waals surface area contributed by atoms with E-state index in [0.717, 1.165) is 0 Å². The number of carbonyl (C=O) groups is 1. The van der Waals surface area contributed by atoms with Gasteiger partial charge < -0.3 is 15.4 Å². The van der Waals surface area contributed by atoms with E-state index in [1.54, 1.807) is 26.0 Å². The number of amides is 1. The van der Waals surface area contributed by atoms with Crippen LogP contribution in [0.25, 0.3) is 11.0 Å². The Morgan fingerprint density at radius 3 is 2.90 bits per heavy atom. The summed E-state index contributed by atoms with van der Waals surface area (Å²) in [5.41, 5.74) is 0.270. The van der Waals surface area contributed by atoms with E-state index in [-0.39, 0.29) is 24.8 Å². The van der Waals surface area contributed by atoms with Crippen LogP contribution in [-0.2, 0) is 11.2 Å². The Morgan fingerprint density at radius 2 is 2.25 bits per heavy atom. The smallest absolute Gasteiger partial charge is 0.220 e. The fourth-order valence-electron chi connectivity index (χ4n) is 1.88. The highest BCUT2D eigenvalue weighted by Crippen LogP contribution is 2.15. The average Bonchev–Trinajstić information content (AvgIpc) is 2.80. The van der Waals surface area contributed by atoms with Crippen molar-refractivity contribution in [3.8, 4) is 0 Å². The number of H-pyrrole nitrogens is 1. The molecule has 1 amide bonds. The lowest BCUT2D eigenvalue weighted by atomic mass is 10.1. The summed E-state index contributed by atoms with van der Waals surface area (Å²) in [5, 5.41) is 11.8. The quantitative estimate of drug-likeness (QED) is 0.776. The molecule has 1 heterocycles. The van der Waals surface area contributed by atoms with Crippen molar-refractivity contribution in [2.45, 2.75) is 32.2 Å². The van der Waals surface area contributed by atoms with Crippen molar-refractivity contribution in [3.05, 3.63) is 29.8 Å². The molecule has 1 aromatic carbocycles. The summed E-state index contributed by atoms with van der Waals surface area (Å²) in [6.07, 6.45) is 0.617. The summed E-state index contributed by atoms with van der Waals surface area (Å²) in [6, 6.07) is 4.70. The van der Waals surface area contributed by atoms with Crippen molar-refractivity contribution in [2.75, 3.05) is 6.61 Å². The number of fused-ring (bicyclic) bond motifs is 1. The Labute approximate surface area is 116 Å². The second-order valence-electron chi connectivity index (χ2n) is 5.41. The lowest BCUT2D eigenvalue weighted by Crippen LogP contribution is -2.46. The molecule has 0 atom stereocenters. The molecule has 5 nitrogen and oxygen atoms in total. The third kappa shape index (κ3) is 3.33. The van der Waals surface area contributed by atoms with Crippen molar-refractivity contribution in [1.29, 1.82) is 0 Å². The Hall–Kier alpha value is -1.95. The Balaban J connectivity index is 1.99. The van der Waals surface area contributed by atoms with Gasteiger partial charge in [-0.25, -0.2) is 9.37 Å². The van der Waals surface area contributed by atoms with Gasteiger partial charge in [0.1, 0.15) is 11.3 Å². The van der Waals surface area contributed by atoms with Crippen LogP contribution in [0.1, 0.15) is 26.1 Å². The number of carbonyl (C=O) groups excluding carboxylic acids is 1. The van der Waals surface area contributed by atoms with Crippen LogP contribution >= 0.6 is 0 Å². The zero-order chi connectivity index (χ0) is 14.8. The number of aromatic amines is 1. The van der Waals surface area contributed by atoms with E-state index in [0.29, 0.717) is 23.3 Å². The van der Waals surface area contributed by atoms with Crippen molar-refractivity contribution in [3.63, 3.8) is 0 Å². The van der Waals surface area contributed by atoms with Gasteiger partial charge in [-0.15, -0.1) is 0 Å². The predicted octanol–water partition coefficient (Wildman–Crippen LogP) is 1.52. The molecule has 2 aromatic rings. The van der Waals surface area contributed by atoms with E-state index in [1.165, 1.54) is 6.07 Å². The van der Waals surface area contributed by atoms with E-state index in [2.05, 4.69) is 15.3 Å². The van der Waals surface area contributed by atoms with Crippen LogP contribution in [0.5, 0.6) is 0 Å². The van der Waals surface area contributed by atoms with Gasteiger partial charge in [-0.05, 0) is 26.0 Å². The summed E-state index contributed by atoms with van der Waals surface area (Å²) in [4.78, 5) is 18.9. The number of rotatable bonds is 5. The first-order chi connectivity index (χ1) is 9.41. The third-order valence-electron chi connectivity index (χ3n) is 2.97. The highest BCUT2D eigenvalue weighted by atomic mass is 19.1. The molecule has 6 heteroatoms. The number of hydrogen-bond donors (Lipinski definition) is 3. The molecule has 0 spiro atoms. The maximum Gasteiger partial charge on any atom is 0.220 e. The molecule has 0 aliphatic rings. The number of aliphatic hydroxyl groups excluding tert-OH is 1. The SMILES string of the molecule is CC(C)(CO)NC(=O)CCc1nc2c(F)cccc2[nH]1. The number of para-hydroxylation sites is 1. The molecule has 0 aliphatic carbocycles. The lowest BCUT2D eigenvalue weighted by Gasteiger charge is -2.23. The first-order valence-electron chi connectivity index (χ1n) is 6.46. The summed E-state index contributed by atoms with van der Waals surface area (Å²) in [5.74, 6) is 0.0166. The highest BCUT2D eigenvalue weighted by molar-refractivity contribution is 5.78. The molecule has 0 aliphatic heterocycles. The van der Waals surface area contributed by atoms with Crippen LogP contribution in [0.2, 0.25) is 0 Å². The molecule has 108 valence electrons. The number of imidazole rings is 1. The number of halogens is 1. The van der Waals surface area contributed by atoms with E-state index >= 15 is 0 Å². The van der Waals surface area contributed by atoms with Crippen molar-refractivity contribution >= 4 is 16.9 Å². The first kappa shape index (κ1) is 14.5. The second-order valence-corrected chi connectivity index (χ2v) is 5.41. The molecule has 2 rings (SSSR count). The zero-order valence-electron chi connectivity index (χ0n) is 11.5. The van der Waals surface area contributed by atoms with Crippen molar-refractivity contribution in [1.82, 2.24) is 15.3 Å². The summed E-state index contributed by atoms with van der Waals surface area (Å²) >= 11 is 0. The maximum atomic E-state index is 13.5. The van der Waals surface area contributed by atoms with E-state index < -0.39 is 5.54 Å². The minimum Gasteiger partial charge on any atom is -0.394 e. The molecule has 0 radical (unpaired) electrons. The van der Waals surface area contributed by atoms with Gasteiger partial charge in [0.15, 0.2) is 5.82 Å². The largest absolute Gasteiger partial charge is 0.394 e. The van der Waals surface area contributed by atoms with Crippen LogP contribution in [0.15, 0.2) is 18.2 Å². The molecule has 1 aromatic heterocycles. The summed E-state index contributed by atoms with van der Waals surface area (Å²) < 4.78 is 13.5. The second kappa shape index (κ2) is 5.58. The fourth-order valence-corrected chi connectivity index (χ4v) is 1.88. The Morgan fingerprint density at radius 1 is 1.50 bits per heavy atom. The fraction of sp³-hybridized carbons (Fsp3) is 0.429. The molecular formula is C14H18FN3O2. The number of hydrogen-bond acceptors (Lipinski definition) is 3. The van der Waals surface area contributed by atoms with Crippen LogP contribution in [0, 0.1) is 5.82 Å². The maximum absolute atomic E-state index is 13.5. The molecule has 3 N–H and O–H groups in total. The van der Waals surface area contributed by atoms with Gasteiger partial charge in [-0.1, -0.05) is 6.07 Å². The molecule has 0 saturated heterocycles. The Bertz CT molecular complexity index is 622. The van der Waals surface area contributed by atoms with Crippen molar-refractivity contribution in [2.24, 2.45) is 0 Å². The normalized spacial score (nSPS) is 11.8. The molecule has 20 heavy (non-hydrogen) atoms. The molecular weight excluding hydrogens is 261 g/mol. The minimum atomic E-state index is -0.642. The van der Waals surface area contributed by atoms with Crippen LogP contribution in [0.4, 0.5) is 4.39 Å². The lowest BCUT2D eigenvalue weighted by molar-refractivity contribution is -0.123. The monoisotopic (exact) mass is 279 g/mol. The topological polar surface area (TPSA) is 78.0 Å². The number of aromatic nitrogens is 2. The summed E-state index contributed by atoms with van der Waals surface area (Å²) in [6.45, 7) is 3.34. The van der Waals surface area contributed by atoms with E-state index in [9.17, 15) is 9.18 Å². The molecule has 0 bridgehead atoms. The molecule has 0 saturated carbocycles. The van der Waals surface area contributed by atoms with Crippen LogP contribution < -0.4 is 5.32 Å². The van der Waals surface area contributed by atoms with Gasteiger partial charge in [0.25, 0.3) is 0 Å². The number of nitrogens with one attached hydrogen (secondary N) is 2. The molecule has 0 unspecified atom stereocenters. The van der Waals surface area contributed by atoms with Crippen LogP contribution in [-0.4, -0.2) is 33.1 Å². The van der Waals surface area contributed by atoms with Crippen LogP contribution in [0.3, 0.4) is 0 Å². The van der Waals surface area contributed by atoms with Gasteiger partial charge >= 0.3 is 0 Å². The van der Waals surface area contributed by atoms with Gasteiger partial charge in [-0.2, -0.15) is 0 Å². The minimum absolute atomic E-state index is 0.130.